The van der Waals surface area contributed by atoms with Gasteiger partial charge in [0.2, 0.25) is 0 Å². The number of hydrogen-bond donors (Lipinski definition) is 0. The minimum absolute atomic E-state index is 0.324. The van der Waals surface area contributed by atoms with Crippen LogP contribution in [0.25, 0.3) is 0 Å². The lowest BCUT2D eigenvalue weighted by Crippen LogP contribution is -2.24. The van der Waals surface area contributed by atoms with Gasteiger partial charge in [-0.05, 0) is 30.3 Å². The summed E-state index contributed by atoms with van der Waals surface area (Å²) < 4.78 is 19.1. The third-order valence-electron chi connectivity index (χ3n) is 4.46. The van der Waals surface area contributed by atoms with Gasteiger partial charge < -0.3 is 18.8 Å². The molecule has 0 bridgehead atoms. The van der Waals surface area contributed by atoms with Crippen molar-refractivity contribution in [3.8, 4) is 17.2 Å². The highest BCUT2D eigenvalue weighted by Gasteiger charge is 2.27. The molecule has 4 rings (SSSR count). The van der Waals surface area contributed by atoms with Crippen molar-refractivity contribution in [3.63, 3.8) is 0 Å². The summed E-state index contributed by atoms with van der Waals surface area (Å²) in [6.07, 6.45) is 0.501. The fourth-order valence-electron chi connectivity index (χ4n) is 3.01. The minimum Gasteiger partial charge on any atom is -0.496 e. The van der Waals surface area contributed by atoms with Crippen LogP contribution in [0.15, 0.2) is 47.6 Å². The van der Waals surface area contributed by atoms with Crippen molar-refractivity contribution in [3.05, 3.63) is 59.4 Å². The molecular weight excluding hydrogens is 378 g/mol. The highest BCUT2D eigenvalue weighted by atomic mass is 32.2. The van der Waals surface area contributed by atoms with Crippen LogP contribution in [0.4, 0.5) is 0 Å². The molecule has 1 aliphatic rings. The highest BCUT2D eigenvalue weighted by Crippen LogP contribution is 2.36. The number of benzene rings is 2. The molecular formula is C20H19N3O4S. The molecule has 0 saturated heterocycles. The molecule has 0 saturated carbocycles. The van der Waals surface area contributed by atoms with E-state index in [1.807, 2.05) is 41.9 Å². The molecule has 0 amide bonds. The monoisotopic (exact) mass is 397 g/mol. The lowest BCUT2D eigenvalue weighted by atomic mass is 10.1. The van der Waals surface area contributed by atoms with Gasteiger partial charge in [-0.25, -0.2) is 0 Å². The van der Waals surface area contributed by atoms with Crippen LogP contribution in [0.2, 0.25) is 0 Å². The SMILES string of the molecule is COc1ccc(C=O)cc1CSc1nnc(C2COc3ccccc3O2)n1C. The normalized spacial score (nSPS) is 15.3. The van der Waals surface area contributed by atoms with Gasteiger partial charge in [0.1, 0.15) is 18.6 Å². The Labute approximate surface area is 166 Å². The molecule has 1 aliphatic heterocycles. The zero-order valence-corrected chi connectivity index (χ0v) is 16.3. The van der Waals surface area contributed by atoms with Crippen LogP contribution in [0.3, 0.4) is 0 Å². The van der Waals surface area contributed by atoms with Gasteiger partial charge in [-0.3, -0.25) is 4.79 Å². The third-order valence-corrected chi connectivity index (χ3v) is 5.53. The van der Waals surface area contributed by atoms with E-state index in [9.17, 15) is 4.79 Å². The molecule has 1 atom stereocenters. The molecule has 1 unspecified atom stereocenters. The van der Waals surface area contributed by atoms with Crippen molar-refractivity contribution >= 4 is 18.0 Å². The van der Waals surface area contributed by atoms with Gasteiger partial charge in [-0.15, -0.1) is 10.2 Å². The lowest BCUT2D eigenvalue weighted by molar-refractivity contribution is 0.0825. The van der Waals surface area contributed by atoms with E-state index in [4.69, 9.17) is 14.2 Å². The van der Waals surface area contributed by atoms with E-state index in [0.29, 0.717) is 29.5 Å². The zero-order chi connectivity index (χ0) is 19.5. The summed E-state index contributed by atoms with van der Waals surface area (Å²) >= 11 is 1.52. The van der Waals surface area contributed by atoms with E-state index in [0.717, 1.165) is 28.5 Å². The molecule has 0 fully saturated rings. The maximum absolute atomic E-state index is 11.1. The van der Waals surface area contributed by atoms with E-state index in [-0.39, 0.29) is 6.10 Å². The number of thioether (sulfide) groups is 1. The van der Waals surface area contributed by atoms with Crippen molar-refractivity contribution in [2.24, 2.45) is 7.05 Å². The first-order valence-electron chi connectivity index (χ1n) is 8.72. The number of aromatic nitrogens is 3. The van der Waals surface area contributed by atoms with Crippen molar-refractivity contribution in [2.75, 3.05) is 13.7 Å². The number of para-hydroxylation sites is 2. The summed E-state index contributed by atoms with van der Waals surface area (Å²) in [5.41, 5.74) is 1.54. The van der Waals surface area contributed by atoms with E-state index in [2.05, 4.69) is 10.2 Å². The standard InChI is InChI=1S/C20H19N3O4S/c1-23-19(18-11-26-16-5-3-4-6-17(16)27-18)21-22-20(23)28-12-14-9-13(10-24)7-8-15(14)25-2/h3-10,18H,11-12H2,1-2H3. The van der Waals surface area contributed by atoms with Crippen LogP contribution in [-0.2, 0) is 12.8 Å². The van der Waals surface area contributed by atoms with E-state index in [1.165, 1.54) is 11.8 Å². The molecule has 7 nitrogen and oxygen atoms in total. The Hall–Kier alpha value is -3.00. The fourth-order valence-corrected chi connectivity index (χ4v) is 3.90. The van der Waals surface area contributed by atoms with Crippen LogP contribution in [0.5, 0.6) is 17.2 Å². The Morgan fingerprint density at radius 2 is 2.07 bits per heavy atom. The predicted octanol–water partition coefficient (Wildman–Crippen LogP) is 3.44. The number of carbonyl (C=O) groups excluding carboxylic acids is 1. The third kappa shape index (κ3) is 3.55. The first kappa shape index (κ1) is 18.4. The molecule has 1 aromatic heterocycles. The Bertz CT molecular complexity index is 1000. The average molecular weight is 397 g/mol. The van der Waals surface area contributed by atoms with E-state index < -0.39 is 0 Å². The zero-order valence-electron chi connectivity index (χ0n) is 15.5. The average Bonchev–Trinajstić information content (AvgIpc) is 3.11. The number of rotatable bonds is 6. The van der Waals surface area contributed by atoms with Crippen LogP contribution in [-0.4, -0.2) is 34.8 Å². The van der Waals surface area contributed by atoms with Crippen LogP contribution >= 0.6 is 11.8 Å². The lowest BCUT2D eigenvalue weighted by Gasteiger charge is -2.25. The van der Waals surface area contributed by atoms with Crippen molar-refractivity contribution in [1.29, 1.82) is 0 Å². The maximum Gasteiger partial charge on any atom is 0.192 e. The largest absolute Gasteiger partial charge is 0.496 e. The number of ether oxygens (including phenoxy) is 3. The summed E-state index contributed by atoms with van der Waals surface area (Å²) in [5.74, 6) is 3.47. The molecule has 3 aromatic rings. The van der Waals surface area contributed by atoms with Gasteiger partial charge in [0.05, 0.1) is 7.11 Å². The quantitative estimate of drug-likeness (QED) is 0.466. The first-order chi connectivity index (χ1) is 13.7. The van der Waals surface area contributed by atoms with Crippen molar-refractivity contribution in [1.82, 2.24) is 14.8 Å². The summed E-state index contributed by atoms with van der Waals surface area (Å²) in [6, 6.07) is 12.9. The van der Waals surface area contributed by atoms with E-state index in [1.54, 1.807) is 19.2 Å². The number of nitrogens with zero attached hydrogens (tertiary/aromatic N) is 3. The van der Waals surface area contributed by atoms with Crippen molar-refractivity contribution < 1.29 is 19.0 Å². The Morgan fingerprint density at radius 1 is 1.25 bits per heavy atom. The number of methoxy groups -OCH3 is 1. The minimum atomic E-state index is -0.324. The molecule has 0 radical (unpaired) electrons. The van der Waals surface area contributed by atoms with Gasteiger partial charge in [0.15, 0.2) is 28.6 Å². The molecule has 0 N–H and O–H groups in total. The second kappa shape index (κ2) is 7.93. The molecule has 0 aliphatic carbocycles. The molecule has 2 aromatic carbocycles. The molecule has 144 valence electrons. The van der Waals surface area contributed by atoms with Gasteiger partial charge in [-0.1, -0.05) is 23.9 Å². The Morgan fingerprint density at radius 3 is 2.86 bits per heavy atom. The number of hydrogen-bond acceptors (Lipinski definition) is 7. The van der Waals surface area contributed by atoms with Crippen LogP contribution < -0.4 is 14.2 Å². The van der Waals surface area contributed by atoms with Gasteiger partial charge in [0.25, 0.3) is 0 Å². The number of carbonyl (C=O) groups is 1. The van der Waals surface area contributed by atoms with Crippen LogP contribution in [0.1, 0.15) is 27.8 Å². The Kier molecular flexibility index (Phi) is 5.21. The first-order valence-corrected chi connectivity index (χ1v) is 9.71. The van der Waals surface area contributed by atoms with Crippen LogP contribution in [0, 0.1) is 0 Å². The van der Waals surface area contributed by atoms with E-state index >= 15 is 0 Å². The van der Waals surface area contributed by atoms with Gasteiger partial charge in [0, 0.05) is 23.9 Å². The van der Waals surface area contributed by atoms with Gasteiger partial charge in [-0.2, -0.15) is 0 Å². The molecule has 0 spiro atoms. The molecule has 8 heteroatoms. The second-order valence-electron chi connectivity index (χ2n) is 6.24. The second-order valence-corrected chi connectivity index (χ2v) is 7.18. The highest BCUT2D eigenvalue weighted by molar-refractivity contribution is 7.98. The van der Waals surface area contributed by atoms with Gasteiger partial charge >= 0.3 is 0 Å². The summed E-state index contributed by atoms with van der Waals surface area (Å²) in [5, 5.41) is 9.34. The summed E-state index contributed by atoms with van der Waals surface area (Å²) in [6.45, 7) is 0.378. The smallest absolute Gasteiger partial charge is 0.192 e. The Balaban J connectivity index is 1.50. The summed E-state index contributed by atoms with van der Waals surface area (Å²) in [7, 11) is 3.52. The maximum atomic E-state index is 11.1. The predicted molar refractivity (Wildman–Crippen MR) is 104 cm³/mol. The molecule has 2 heterocycles. The number of fused-ring (bicyclic) bond motifs is 1. The van der Waals surface area contributed by atoms with Crippen molar-refractivity contribution in [2.45, 2.75) is 17.0 Å². The fraction of sp³-hybridized carbons (Fsp3) is 0.250. The molecule has 28 heavy (non-hydrogen) atoms. The topological polar surface area (TPSA) is 75.5 Å². The summed E-state index contributed by atoms with van der Waals surface area (Å²) in [4.78, 5) is 11.1. The number of aldehydes is 1.